The van der Waals surface area contributed by atoms with Crippen LogP contribution in [0.4, 0.5) is 0 Å². The molecule has 1 N–H and O–H groups in total. The largest absolute Gasteiger partial charge is 0.492 e. The van der Waals surface area contributed by atoms with Gasteiger partial charge in [-0.15, -0.1) is 24.0 Å². The van der Waals surface area contributed by atoms with Crippen LogP contribution in [-0.2, 0) is 11.3 Å². The third kappa shape index (κ3) is 7.08. The SMILES string of the molecule is CN=C(NCc1ccccc1OCCN1CCOCC1)N1CCCC(C)C1.I. The molecule has 0 aliphatic carbocycles. The fourth-order valence-corrected chi connectivity index (χ4v) is 3.79. The van der Waals surface area contributed by atoms with E-state index in [0.29, 0.717) is 6.61 Å². The van der Waals surface area contributed by atoms with Gasteiger partial charge in [-0.1, -0.05) is 25.1 Å². The van der Waals surface area contributed by atoms with Crippen LogP contribution < -0.4 is 10.1 Å². The molecule has 3 rings (SSSR count). The fourth-order valence-electron chi connectivity index (χ4n) is 3.79. The van der Waals surface area contributed by atoms with Gasteiger partial charge in [-0.05, 0) is 24.8 Å². The van der Waals surface area contributed by atoms with Gasteiger partial charge in [0.25, 0.3) is 0 Å². The summed E-state index contributed by atoms with van der Waals surface area (Å²) in [7, 11) is 1.87. The Kier molecular flexibility index (Phi) is 10.4. The second kappa shape index (κ2) is 12.5. The maximum atomic E-state index is 6.09. The van der Waals surface area contributed by atoms with Crippen LogP contribution >= 0.6 is 24.0 Å². The van der Waals surface area contributed by atoms with Gasteiger partial charge < -0.3 is 19.7 Å². The number of nitrogens with one attached hydrogen (secondary N) is 1. The predicted octanol–water partition coefficient (Wildman–Crippen LogP) is 2.82. The second-order valence-corrected chi connectivity index (χ2v) is 7.50. The minimum Gasteiger partial charge on any atom is -0.492 e. The summed E-state index contributed by atoms with van der Waals surface area (Å²) in [5.74, 6) is 2.68. The van der Waals surface area contributed by atoms with Crippen molar-refractivity contribution >= 4 is 29.9 Å². The molecule has 0 spiro atoms. The highest BCUT2D eigenvalue weighted by Crippen LogP contribution is 2.19. The van der Waals surface area contributed by atoms with E-state index in [4.69, 9.17) is 9.47 Å². The predicted molar refractivity (Wildman–Crippen MR) is 125 cm³/mol. The minimum absolute atomic E-state index is 0. The van der Waals surface area contributed by atoms with Crippen molar-refractivity contribution in [1.29, 1.82) is 0 Å². The summed E-state index contributed by atoms with van der Waals surface area (Å²) < 4.78 is 11.5. The lowest BCUT2D eigenvalue weighted by molar-refractivity contribution is 0.0322. The van der Waals surface area contributed by atoms with Crippen LogP contribution in [-0.4, -0.2) is 75.4 Å². The van der Waals surface area contributed by atoms with Gasteiger partial charge in [-0.2, -0.15) is 0 Å². The summed E-state index contributed by atoms with van der Waals surface area (Å²) in [6, 6.07) is 8.29. The van der Waals surface area contributed by atoms with E-state index >= 15 is 0 Å². The molecule has 6 nitrogen and oxygen atoms in total. The lowest BCUT2D eigenvalue weighted by atomic mass is 10.0. The number of nitrogens with zero attached hydrogens (tertiary/aromatic N) is 3. The molecule has 0 amide bonds. The van der Waals surface area contributed by atoms with Crippen LogP contribution in [0, 0.1) is 5.92 Å². The molecule has 7 heteroatoms. The average molecular weight is 502 g/mol. The number of hydrogen-bond acceptors (Lipinski definition) is 4. The zero-order chi connectivity index (χ0) is 18.9. The number of benzene rings is 1. The van der Waals surface area contributed by atoms with Crippen LogP contribution in [0.15, 0.2) is 29.3 Å². The fraction of sp³-hybridized carbons (Fsp3) is 0.667. The number of para-hydroxylation sites is 1. The van der Waals surface area contributed by atoms with Gasteiger partial charge in [0, 0.05) is 51.9 Å². The molecule has 2 saturated heterocycles. The molecule has 0 aromatic heterocycles. The Bertz CT molecular complexity index is 608. The van der Waals surface area contributed by atoms with Crippen molar-refractivity contribution in [3.05, 3.63) is 29.8 Å². The van der Waals surface area contributed by atoms with E-state index in [9.17, 15) is 0 Å². The summed E-state index contributed by atoms with van der Waals surface area (Å²) in [6.45, 7) is 10.5. The molecule has 1 aromatic carbocycles. The molecule has 2 aliphatic heterocycles. The van der Waals surface area contributed by atoms with Gasteiger partial charge in [0.05, 0.1) is 13.2 Å². The lowest BCUT2D eigenvalue weighted by Gasteiger charge is -2.33. The molecule has 0 saturated carbocycles. The highest BCUT2D eigenvalue weighted by molar-refractivity contribution is 14.0. The highest BCUT2D eigenvalue weighted by atomic mass is 127. The number of likely N-dealkylation sites (tertiary alicyclic amines) is 1. The van der Waals surface area contributed by atoms with E-state index in [2.05, 4.69) is 45.2 Å². The first-order valence-electron chi connectivity index (χ1n) is 10.2. The van der Waals surface area contributed by atoms with Crippen molar-refractivity contribution in [2.24, 2.45) is 10.9 Å². The first-order valence-corrected chi connectivity index (χ1v) is 10.2. The van der Waals surface area contributed by atoms with Gasteiger partial charge >= 0.3 is 0 Å². The number of rotatable bonds is 6. The standard InChI is InChI=1S/C21H34N4O2.HI/c1-18-6-5-9-25(17-18)21(22-2)23-16-19-7-3-4-8-20(19)27-15-12-24-10-13-26-14-11-24;/h3-4,7-8,18H,5-6,9-17H2,1-2H3,(H,22,23);1H. The number of aliphatic imine (C=N–C) groups is 1. The summed E-state index contributed by atoms with van der Waals surface area (Å²) in [5.41, 5.74) is 1.17. The van der Waals surface area contributed by atoms with Gasteiger partial charge in [-0.25, -0.2) is 0 Å². The summed E-state index contributed by atoms with van der Waals surface area (Å²) in [5, 5.41) is 3.53. The molecular formula is C21H35IN4O2. The first-order chi connectivity index (χ1) is 13.3. The van der Waals surface area contributed by atoms with Gasteiger partial charge in [-0.3, -0.25) is 9.89 Å². The maximum Gasteiger partial charge on any atom is 0.193 e. The van der Waals surface area contributed by atoms with Crippen molar-refractivity contribution in [2.45, 2.75) is 26.3 Å². The number of guanidine groups is 1. The van der Waals surface area contributed by atoms with E-state index < -0.39 is 0 Å². The molecule has 2 heterocycles. The zero-order valence-corrected chi connectivity index (χ0v) is 19.6. The molecule has 158 valence electrons. The average Bonchev–Trinajstić information content (AvgIpc) is 2.70. The number of morpholine rings is 1. The Morgan fingerprint density at radius 3 is 2.79 bits per heavy atom. The van der Waals surface area contributed by atoms with Gasteiger partial charge in [0.2, 0.25) is 0 Å². The van der Waals surface area contributed by atoms with Crippen molar-refractivity contribution in [3.63, 3.8) is 0 Å². The number of piperidine rings is 1. The van der Waals surface area contributed by atoms with Crippen molar-refractivity contribution in [3.8, 4) is 5.75 Å². The number of hydrogen-bond donors (Lipinski definition) is 1. The van der Waals surface area contributed by atoms with E-state index in [1.807, 2.05) is 13.1 Å². The first kappa shape index (κ1) is 23.2. The Morgan fingerprint density at radius 2 is 2.04 bits per heavy atom. The van der Waals surface area contributed by atoms with E-state index in [-0.39, 0.29) is 24.0 Å². The summed E-state index contributed by atoms with van der Waals surface area (Å²) >= 11 is 0. The normalized spacial score (nSPS) is 21.1. The Balaban J connectivity index is 0.00000280. The molecule has 0 radical (unpaired) electrons. The smallest absolute Gasteiger partial charge is 0.193 e. The maximum absolute atomic E-state index is 6.09. The van der Waals surface area contributed by atoms with Crippen molar-refractivity contribution < 1.29 is 9.47 Å². The van der Waals surface area contributed by atoms with Crippen LogP contribution in [0.3, 0.4) is 0 Å². The van der Waals surface area contributed by atoms with E-state index in [1.54, 1.807) is 0 Å². The zero-order valence-electron chi connectivity index (χ0n) is 17.2. The minimum atomic E-state index is 0. The third-order valence-corrected chi connectivity index (χ3v) is 5.35. The van der Waals surface area contributed by atoms with Crippen molar-refractivity contribution in [1.82, 2.24) is 15.1 Å². The second-order valence-electron chi connectivity index (χ2n) is 7.50. The highest BCUT2D eigenvalue weighted by Gasteiger charge is 2.19. The molecular weight excluding hydrogens is 467 g/mol. The molecule has 1 unspecified atom stereocenters. The molecule has 2 aliphatic rings. The molecule has 28 heavy (non-hydrogen) atoms. The van der Waals surface area contributed by atoms with Crippen LogP contribution in [0.5, 0.6) is 5.75 Å². The van der Waals surface area contributed by atoms with Crippen LogP contribution in [0.2, 0.25) is 0 Å². The summed E-state index contributed by atoms with van der Waals surface area (Å²) in [6.07, 6.45) is 2.55. The molecule has 0 bridgehead atoms. The lowest BCUT2D eigenvalue weighted by Crippen LogP contribution is -2.45. The Morgan fingerprint density at radius 1 is 1.25 bits per heavy atom. The van der Waals surface area contributed by atoms with E-state index in [0.717, 1.165) is 70.1 Å². The van der Waals surface area contributed by atoms with Gasteiger partial charge in [0.15, 0.2) is 5.96 Å². The van der Waals surface area contributed by atoms with Crippen molar-refractivity contribution in [2.75, 3.05) is 59.6 Å². The molecule has 1 aromatic rings. The summed E-state index contributed by atoms with van der Waals surface area (Å²) in [4.78, 5) is 9.25. The molecule has 1 atom stereocenters. The van der Waals surface area contributed by atoms with E-state index in [1.165, 1.54) is 18.4 Å². The monoisotopic (exact) mass is 502 g/mol. The number of halogens is 1. The third-order valence-electron chi connectivity index (χ3n) is 5.35. The molecule has 2 fully saturated rings. The topological polar surface area (TPSA) is 49.3 Å². The van der Waals surface area contributed by atoms with Gasteiger partial charge in [0.1, 0.15) is 12.4 Å². The van der Waals surface area contributed by atoms with Crippen LogP contribution in [0.1, 0.15) is 25.3 Å². The quantitative estimate of drug-likeness (QED) is 0.369. The Hall–Kier alpha value is -1.06. The van der Waals surface area contributed by atoms with Crippen LogP contribution in [0.25, 0.3) is 0 Å². The number of ether oxygens (including phenoxy) is 2. The Labute approximate surface area is 186 Å².